The molecule has 1 rings (SSSR count). The van der Waals surface area contributed by atoms with Crippen LogP contribution >= 0.6 is 11.6 Å². The second-order valence-electron chi connectivity index (χ2n) is 4.02. The van der Waals surface area contributed by atoms with Gasteiger partial charge in [-0.05, 0) is 37.1 Å². The van der Waals surface area contributed by atoms with Gasteiger partial charge in [0.15, 0.2) is 0 Å². The van der Waals surface area contributed by atoms with Crippen LogP contribution in [0.3, 0.4) is 0 Å². The van der Waals surface area contributed by atoms with Gasteiger partial charge in [0.05, 0.1) is 0 Å². The molecular weight excluding hydrogens is 194 g/mol. The second-order valence-corrected chi connectivity index (χ2v) is 4.43. The quantitative estimate of drug-likeness (QED) is 0.806. The van der Waals surface area contributed by atoms with Crippen molar-refractivity contribution in [2.24, 2.45) is 5.92 Å². The maximum absolute atomic E-state index is 6.09. The van der Waals surface area contributed by atoms with Crippen molar-refractivity contribution in [2.45, 2.75) is 26.8 Å². The van der Waals surface area contributed by atoms with Crippen LogP contribution in [0.15, 0.2) is 18.2 Å². The zero-order chi connectivity index (χ0) is 10.7. The Balaban J connectivity index is 3.00. The monoisotopic (exact) mass is 211 g/mol. The van der Waals surface area contributed by atoms with Crippen molar-refractivity contribution in [3.63, 3.8) is 0 Å². The number of aryl methyl sites for hydroxylation is 1. The van der Waals surface area contributed by atoms with Gasteiger partial charge in [-0.3, -0.25) is 0 Å². The highest BCUT2D eigenvalue weighted by atomic mass is 35.5. The first kappa shape index (κ1) is 11.5. The highest BCUT2D eigenvalue weighted by Crippen LogP contribution is 2.25. The molecule has 1 aromatic carbocycles. The number of nitrogens with one attached hydrogen (secondary N) is 1. The van der Waals surface area contributed by atoms with Gasteiger partial charge in [0.25, 0.3) is 0 Å². The summed E-state index contributed by atoms with van der Waals surface area (Å²) in [5.74, 6) is 0.568. The molecule has 1 aromatic rings. The zero-order valence-corrected chi connectivity index (χ0v) is 10.0. The molecule has 0 aliphatic carbocycles. The maximum Gasteiger partial charge on any atom is 0.0438 e. The fourth-order valence-corrected chi connectivity index (χ4v) is 1.88. The van der Waals surface area contributed by atoms with E-state index in [1.54, 1.807) is 0 Å². The predicted molar refractivity (Wildman–Crippen MR) is 62.8 cm³/mol. The Kier molecular flexibility index (Phi) is 3.97. The third-order valence-corrected chi connectivity index (χ3v) is 2.94. The van der Waals surface area contributed by atoms with Crippen molar-refractivity contribution >= 4 is 11.6 Å². The Bertz CT molecular complexity index is 307. The van der Waals surface area contributed by atoms with E-state index in [1.165, 1.54) is 5.56 Å². The van der Waals surface area contributed by atoms with Crippen LogP contribution in [0, 0.1) is 12.8 Å². The van der Waals surface area contributed by atoms with E-state index in [2.05, 4.69) is 37.4 Å². The number of hydrogen-bond acceptors (Lipinski definition) is 1. The molecule has 1 atom stereocenters. The van der Waals surface area contributed by atoms with Gasteiger partial charge in [0.2, 0.25) is 0 Å². The first-order valence-electron chi connectivity index (χ1n) is 4.99. The van der Waals surface area contributed by atoms with Crippen molar-refractivity contribution < 1.29 is 0 Å². The summed E-state index contributed by atoms with van der Waals surface area (Å²) >= 11 is 6.09. The molecule has 0 saturated heterocycles. The number of rotatable bonds is 3. The van der Waals surface area contributed by atoms with Gasteiger partial charge in [-0.1, -0.05) is 37.6 Å². The van der Waals surface area contributed by atoms with E-state index in [9.17, 15) is 0 Å². The van der Waals surface area contributed by atoms with Crippen molar-refractivity contribution in [1.82, 2.24) is 5.32 Å². The number of hydrogen-bond donors (Lipinski definition) is 1. The SMILES string of the molecule is CNC(c1ccc(C)c(Cl)c1)C(C)C. The molecule has 1 unspecified atom stereocenters. The Labute approximate surface area is 91.5 Å². The summed E-state index contributed by atoms with van der Waals surface area (Å²) in [4.78, 5) is 0. The Morgan fingerprint density at radius 2 is 1.93 bits per heavy atom. The minimum atomic E-state index is 0.382. The van der Waals surface area contributed by atoms with Gasteiger partial charge < -0.3 is 5.32 Å². The van der Waals surface area contributed by atoms with E-state index in [1.807, 2.05) is 14.0 Å². The van der Waals surface area contributed by atoms with E-state index in [0.717, 1.165) is 10.6 Å². The zero-order valence-electron chi connectivity index (χ0n) is 9.26. The lowest BCUT2D eigenvalue weighted by molar-refractivity contribution is 0.443. The minimum absolute atomic E-state index is 0.382. The largest absolute Gasteiger partial charge is 0.313 e. The summed E-state index contributed by atoms with van der Waals surface area (Å²) in [5, 5.41) is 4.16. The fraction of sp³-hybridized carbons (Fsp3) is 0.500. The first-order chi connectivity index (χ1) is 6.56. The smallest absolute Gasteiger partial charge is 0.0438 e. The third-order valence-electron chi connectivity index (χ3n) is 2.53. The molecule has 0 fully saturated rings. The first-order valence-corrected chi connectivity index (χ1v) is 5.37. The van der Waals surface area contributed by atoms with Gasteiger partial charge in [-0.25, -0.2) is 0 Å². The van der Waals surface area contributed by atoms with Gasteiger partial charge in [0, 0.05) is 11.1 Å². The maximum atomic E-state index is 6.09. The number of benzene rings is 1. The normalized spacial score (nSPS) is 13.3. The minimum Gasteiger partial charge on any atom is -0.313 e. The molecule has 0 radical (unpaired) electrons. The van der Waals surface area contributed by atoms with Crippen LogP contribution in [0.1, 0.15) is 31.0 Å². The van der Waals surface area contributed by atoms with Gasteiger partial charge in [-0.2, -0.15) is 0 Å². The molecule has 2 heteroatoms. The highest BCUT2D eigenvalue weighted by molar-refractivity contribution is 6.31. The van der Waals surface area contributed by atoms with E-state index in [-0.39, 0.29) is 0 Å². The van der Waals surface area contributed by atoms with Gasteiger partial charge >= 0.3 is 0 Å². The molecule has 0 bridgehead atoms. The van der Waals surface area contributed by atoms with Crippen LogP contribution < -0.4 is 5.32 Å². The van der Waals surface area contributed by atoms with Crippen LogP contribution in [0.4, 0.5) is 0 Å². The lowest BCUT2D eigenvalue weighted by Crippen LogP contribution is -2.21. The molecular formula is C12H18ClN. The molecule has 0 amide bonds. The van der Waals surface area contributed by atoms with Crippen molar-refractivity contribution in [1.29, 1.82) is 0 Å². The molecule has 1 nitrogen and oxygen atoms in total. The van der Waals surface area contributed by atoms with Gasteiger partial charge in [-0.15, -0.1) is 0 Å². The van der Waals surface area contributed by atoms with Crippen LogP contribution in [-0.2, 0) is 0 Å². The van der Waals surface area contributed by atoms with Crippen molar-refractivity contribution in [3.8, 4) is 0 Å². The van der Waals surface area contributed by atoms with Crippen LogP contribution in [-0.4, -0.2) is 7.05 Å². The Morgan fingerprint density at radius 3 is 2.36 bits per heavy atom. The van der Waals surface area contributed by atoms with Crippen LogP contribution in [0.5, 0.6) is 0 Å². The molecule has 0 aliphatic rings. The lowest BCUT2D eigenvalue weighted by atomic mass is 9.95. The van der Waals surface area contributed by atoms with Crippen molar-refractivity contribution in [2.75, 3.05) is 7.05 Å². The number of halogens is 1. The molecule has 1 N–H and O–H groups in total. The summed E-state index contributed by atoms with van der Waals surface area (Å²) in [5.41, 5.74) is 2.40. The third kappa shape index (κ3) is 2.49. The molecule has 14 heavy (non-hydrogen) atoms. The predicted octanol–water partition coefficient (Wildman–Crippen LogP) is 3.56. The van der Waals surface area contributed by atoms with Crippen LogP contribution in [0.2, 0.25) is 5.02 Å². The van der Waals surface area contributed by atoms with E-state index in [4.69, 9.17) is 11.6 Å². The van der Waals surface area contributed by atoms with E-state index >= 15 is 0 Å². The molecule has 0 heterocycles. The Hall–Kier alpha value is -0.530. The van der Waals surface area contributed by atoms with E-state index in [0.29, 0.717) is 12.0 Å². The average Bonchev–Trinajstić information content (AvgIpc) is 2.11. The summed E-state index contributed by atoms with van der Waals surface area (Å²) in [6, 6.07) is 6.65. The lowest BCUT2D eigenvalue weighted by Gasteiger charge is -2.21. The summed E-state index contributed by atoms with van der Waals surface area (Å²) in [6.07, 6.45) is 0. The summed E-state index contributed by atoms with van der Waals surface area (Å²) < 4.78 is 0. The molecule has 0 aromatic heterocycles. The van der Waals surface area contributed by atoms with Crippen molar-refractivity contribution in [3.05, 3.63) is 34.3 Å². The second kappa shape index (κ2) is 4.81. The Morgan fingerprint density at radius 1 is 1.29 bits per heavy atom. The van der Waals surface area contributed by atoms with Crippen LogP contribution in [0.25, 0.3) is 0 Å². The molecule has 0 spiro atoms. The fourth-order valence-electron chi connectivity index (χ4n) is 1.69. The summed E-state index contributed by atoms with van der Waals surface area (Å²) in [6.45, 7) is 6.43. The molecule has 0 aliphatic heterocycles. The van der Waals surface area contributed by atoms with E-state index < -0.39 is 0 Å². The highest BCUT2D eigenvalue weighted by Gasteiger charge is 2.13. The molecule has 78 valence electrons. The topological polar surface area (TPSA) is 12.0 Å². The van der Waals surface area contributed by atoms with Gasteiger partial charge in [0.1, 0.15) is 0 Å². The summed E-state index contributed by atoms with van der Waals surface area (Å²) in [7, 11) is 1.98. The average molecular weight is 212 g/mol. The standard InChI is InChI=1S/C12H18ClN/c1-8(2)12(14-4)10-6-5-9(3)11(13)7-10/h5-8,12,14H,1-4H3. The molecule has 0 saturated carbocycles.